The van der Waals surface area contributed by atoms with Gasteiger partial charge in [0.2, 0.25) is 17.7 Å². The molecule has 3 aliphatic rings. The first-order valence-corrected chi connectivity index (χ1v) is 9.16. The van der Waals surface area contributed by atoms with Gasteiger partial charge in [-0.15, -0.1) is 0 Å². The van der Waals surface area contributed by atoms with Crippen molar-refractivity contribution < 1.29 is 19.1 Å². The average Bonchev–Trinajstić information content (AvgIpc) is 3.00. The van der Waals surface area contributed by atoms with E-state index in [0.29, 0.717) is 39.3 Å². The molecule has 8 nitrogen and oxygen atoms in total. The summed E-state index contributed by atoms with van der Waals surface area (Å²) < 4.78 is 5.02. The van der Waals surface area contributed by atoms with Crippen molar-refractivity contribution >= 4 is 17.7 Å². The third-order valence-electron chi connectivity index (χ3n) is 5.40. The van der Waals surface area contributed by atoms with E-state index >= 15 is 0 Å². The minimum atomic E-state index is -0.262. The van der Waals surface area contributed by atoms with Crippen molar-refractivity contribution in [1.29, 1.82) is 0 Å². The lowest BCUT2D eigenvalue weighted by molar-refractivity contribution is -0.142. The summed E-state index contributed by atoms with van der Waals surface area (Å²) in [7, 11) is 1.61. The Bertz CT molecular complexity index is 527. The molecule has 3 saturated heterocycles. The van der Waals surface area contributed by atoms with Gasteiger partial charge in [-0.25, -0.2) is 0 Å². The zero-order valence-electron chi connectivity index (χ0n) is 14.9. The molecule has 0 radical (unpaired) electrons. The van der Waals surface area contributed by atoms with Crippen LogP contribution in [0.3, 0.4) is 0 Å². The summed E-state index contributed by atoms with van der Waals surface area (Å²) in [5.41, 5.74) is 0. The Morgan fingerprint density at radius 2 is 2.08 bits per heavy atom. The molecule has 3 amide bonds. The number of nitrogens with one attached hydrogen (secondary N) is 1. The van der Waals surface area contributed by atoms with E-state index < -0.39 is 0 Å². The molecule has 0 spiro atoms. The Labute approximate surface area is 148 Å². The van der Waals surface area contributed by atoms with Gasteiger partial charge >= 0.3 is 0 Å². The second kappa shape index (κ2) is 8.14. The highest BCUT2D eigenvalue weighted by Gasteiger charge is 2.38. The molecule has 0 saturated carbocycles. The smallest absolute Gasteiger partial charge is 0.236 e. The van der Waals surface area contributed by atoms with E-state index in [-0.39, 0.29) is 36.1 Å². The quantitative estimate of drug-likeness (QED) is 0.680. The first-order valence-electron chi connectivity index (χ1n) is 9.16. The number of hydrogen-bond donors (Lipinski definition) is 1. The van der Waals surface area contributed by atoms with Crippen molar-refractivity contribution in [1.82, 2.24) is 20.0 Å². The first kappa shape index (κ1) is 18.1. The lowest BCUT2D eigenvalue weighted by atomic mass is 10.00. The monoisotopic (exact) mass is 352 g/mol. The van der Waals surface area contributed by atoms with Gasteiger partial charge in [0.15, 0.2) is 0 Å². The fourth-order valence-corrected chi connectivity index (χ4v) is 4.03. The molecule has 2 atom stereocenters. The number of piperidine rings is 1. The predicted octanol–water partition coefficient (Wildman–Crippen LogP) is -1.10. The Kier molecular flexibility index (Phi) is 5.90. The van der Waals surface area contributed by atoms with Gasteiger partial charge in [-0.3, -0.25) is 14.4 Å². The van der Waals surface area contributed by atoms with Crippen molar-refractivity contribution in [3.8, 4) is 0 Å². The summed E-state index contributed by atoms with van der Waals surface area (Å²) in [5, 5.41) is 3.08. The summed E-state index contributed by atoms with van der Waals surface area (Å²) >= 11 is 0. The van der Waals surface area contributed by atoms with E-state index in [1.165, 1.54) is 0 Å². The van der Waals surface area contributed by atoms with Crippen molar-refractivity contribution in [3.05, 3.63) is 0 Å². The summed E-state index contributed by atoms with van der Waals surface area (Å²) in [5.74, 6) is -0.0593. The molecule has 0 bridgehead atoms. The van der Waals surface area contributed by atoms with Crippen LogP contribution in [-0.4, -0.2) is 98.0 Å². The number of carbonyl (C=O) groups excluding carboxylic acids is 3. The number of methoxy groups -OCH3 is 1. The number of hydrogen-bond acceptors (Lipinski definition) is 5. The molecule has 3 rings (SSSR count). The minimum Gasteiger partial charge on any atom is -0.383 e. The highest BCUT2D eigenvalue weighted by atomic mass is 16.5. The number of carbonyl (C=O) groups is 3. The normalized spacial score (nSPS) is 28.0. The van der Waals surface area contributed by atoms with Gasteiger partial charge in [0.05, 0.1) is 19.1 Å². The lowest BCUT2D eigenvalue weighted by Crippen LogP contribution is -2.58. The number of piperazine rings is 1. The Balaban J connectivity index is 1.57. The molecule has 3 fully saturated rings. The summed E-state index contributed by atoms with van der Waals surface area (Å²) in [6.45, 7) is 4.72. The number of amides is 3. The maximum absolute atomic E-state index is 12.9. The van der Waals surface area contributed by atoms with E-state index in [1.807, 2.05) is 9.80 Å². The van der Waals surface area contributed by atoms with Crippen LogP contribution in [0.2, 0.25) is 0 Å². The van der Waals surface area contributed by atoms with Crippen LogP contribution in [0.15, 0.2) is 0 Å². The molecular formula is C17H28N4O4. The van der Waals surface area contributed by atoms with Crippen molar-refractivity contribution in [3.63, 3.8) is 0 Å². The summed E-state index contributed by atoms with van der Waals surface area (Å²) in [6.07, 6.45) is 2.14. The fourth-order valence-electron chi connectivity index (χ4n) is 4.03. The number of nitrogens with zero attached hydrogens (tertiary/aromatic N) is 3. The second-order valence-corrected chi connectivity index (χ2v) is 7.08. The average molecular weight is 352 g/mol. The zero-order valence-corrected chi connectivity index (χ0v) is 14.9. The third-order valence-corrected chi connectivity index (χ3v) is 5.40. The van der Waals surface area contributed by atoms with Gasteiger partial charge in [-0.2, -0.15) is 0 Å². The Morgan fingerprint density at radius 1 is 1.24 bits per heavy atom. The number of rotatable bonds is 5. The first-order chi connectivity index (χ1) is 12.1. The number of likely N-dealkylation sites (tertiary alicyclic amines) is 2. The van der Waals surface area contributed by atoms with Gasteiger partial charge in [0.25, 0.3) is 0 Å². The number of ether oxygens (including phenoxy) is 1. The van der Waals surface area contributed by atoms with Gasteiger partial charge in [0, 0.05) is 58.8 Å². The van der Waals surface area contributed by atoms with Crippen LogP contribution in [0.1, 0.15) is 19.3 Å². The van der Waals surface area contributed by atoms with E-state index in [0.717, 1.165) is 25.9 Å². The van der Waals surface area contributed by atoms with Crippen LogP contribution in [0, 0.1) is 5.92 Å². The summed E-state index contributed by atoms with van der Waals surface area (Å²) in [4.78, 5) is 42.6. The van der Waals surface area contributed by atoms with Gasteiger partial charge in [-0.05, 0) is 12.8 Å². The van der Waals surface area contributed by atoms with Crippen LogP contribution in [-0.2, 0) is 19.1 Å². The standard InChI is InChI=1S/C17H28N4O4/c1-25-8-7-19-11-13(9-15(19)22)17(24)20-5-2-3-14(12-20)21-6-4-18-10-16(21)23/h13-14,18H,2-12H2,1H3. The molecule has 25 heavy (non-hydrogen) atoms. The van der Waals surface area contributed by atoms with Crippen LogP contribution >= 0.6 is 0 Å². The highest BCUT2D eigenvalue weighted by Crippen LogP contribution is 2.24. The Morgan fingerprint density at radius 3 is 2.84 bits per heavy atom. The largest absolute Gasteiger partial charge is 0.383 e. The lowest BCUT2D eigenvalue weighted by Gasteiger charge is -2.41. The van der Waals surface area contributed by atoms with Crippen LogP contribution in [0.4, 0.5) is 0 Å². The van der Waals surface area contributed by atoms with Crippen LogP contribution in [0.5, 0.6) is 0 Å². The SMILES string of the molecule is COCCN1CC(C(=O)N2CCCC(N3CCNCC3=O)C2)CC1=O. The maximum Gasteiger partial charge on any atom is 0.236 e. The van der Waals surface area contributed by atoms with E-state index in [2.05, 4.69) is 5.32 Å². The molecule has 1 N–H and O–H groups in total. The molecule has 0 aromatic carbocycles. The molecule has 8 heteroatoms. The predicted molar refractivity (Wildman–Crippen MR) is 90.7 cm³/mol. The fraction of sp³-hybridized carbons (Fsp3) is 0.824. The van der Waals surface area contributed by atoms with Crippen molar-refractivity contribution in [2.75, 3.05) is 59.5 Å². The Hall–Kier alpha value is -1.67. The molecule has 0 aliphatic carbocycles. The summed E-state index contributed by atoms with van der Waals surface area (Å²) in [6, 6.07) is 0.106. The van der Waals surface area contributed by atoms with E-state index in [9.17, 15) is 14.4 Å². The molecule has 2 unspecified atom stereocenters. The third kappa shape index (κ3) is 4.12. The topological polar surface area (TPSA) is 82.2 Å². The molecule has 3 heterocycles. The second-order valence-electron chi connectivity index (χ2n) is 7.08. The van der Waals surface area contributed by atoms with Gasteiger partial charge in [0.1, 0.15) is 0 Å². The van der Waals surface area contributed by atoms with E-state index in [4.69, 9.17) is 4.74 Å². The molecular weight excluding hydrogens is 324 g/mol. The van der Waals surface area contributed by atoms with Crippen LogP contribution in [0.25, 0.3) is 0 Å². The molecule has 0 aromatic heterocycles. The molecule has 0 aromatic rings. The van der Waals surface area contributed by atoms with Gasteiger partial charge in [-0.1, -0.05) is 0 Å². The minimum absolute atomic E-state index is 0.0289. The van der Waals surface area contributed by atoms with Crippen LogP contribution < -0.4 is 5.32 Å². The molecule has 3 aliphatic heterocycles. The van der Waals surface area contributed by atoms with E-state index in [1.54, 1.807) is 12.0 Å². The van der Waals surface area contributed by atoms with Gasteiger partial charge < -0.3 is 24.8 Å². The molecule has 140 valence electrons. The van der Waals surface area contributed by atoms with Crippen molar-refractivity contribution in [2.24, 2.45) is 5.92 Å². The maximum atomic E-state index is 12.9. The zero-order chi connectivity index (χ0) is 17.8. The van der Waals surface area contributed by atoms with Crippen molar-refractivity contribution in [2.45, 2.75) is 25.3 Å². The highest BCUT2D eigenvalue weighted by molar-refractivity contribution is 5.89.